The lowest BCUT2D eigenvalue weighted by atomic mass is 9.99. The fourth-order valence-corrected chi connectivity index (χ4v) is 4.27. The molecule has 0 aromatic heterocycles. The molecule has 3 nitrogen and oxygen atoms in total. The van der Waals surface area contributed by atoms with Gasteiger partial charge in [0.1, 0.15) is 4.90 Å². The summed E-state index contributed by atoms with van der Waals surface area (Å²) in [5, 5.41) is 0. The van der Waals surface area contributed by atoms with Crippen molar-refractivity contribution in [1.29, 1.82) is 0 Å². The van der Waals surface area contributed by atoms with Crippen LogP contribution in [0.1, 0.15) is 17.2 Å². The van der Waals surface area contributed by atoms with E-state index in [0.29, 0.717) is 17.2 Å². The summed E-state index contributed by atoms with van der Waals surface area (Å²) >= 11 is 0. The Morgan fingerprint density at radius 2 is 1.22 bits per heavy atom. The van der Waals surface area contributed by atoms with Gasteiger partial charge >= 0.3 is 0 Å². The molecule has 3 aromatic rings. The number of rotatable bonds is 5. The van der Waals surface area contributed by atoms with Gasteiger partial charge in [0.05, 0.1) is 6.04 Å². The maximum absolute atomic E-state index is 14.2. The predicted octanol–water partition coefficient (Wildman–Crippen LogP) is 4.51. The minimum absolute atomic E-state index is 0.596. The fourth-order valence-electron chi connectivity index (χ4n) is 2.88. The van der Waals surface area contributed by atoms with Crippen molar-refractivity contribution >= 4 is 10.0 Å². The van der Waals surface area contributed by atoms with E-state index in [1.54, 1.807) is 60.7 Å². The molecule has 3 rings (SSSR count). The number of benzene rings is 3. The van der Waals surface area contributed by atoms with E-state index in [0.717, 1.165) is 10.4 Å². The second-order valence-corrected chi connectivity index (χ2v) is 7.88. The van der Waals surface area contributed by atoms with Gasteiger partial charge in [0.25, 0.3) is 0 Å². The van der Waals surface area contributed by atoms with Gasteiger partial charge in [0.15, 0.2) is 17.5 Å². The predicted molar refractivity (Wildman–Crippen MR) is 96.0 cm³/mol. The van der Waals surface area contributed by atoms with Crippen molar-refractivity contribution in [2.75, 3.05) is 7.05 Å². The Balaban J connectivity index is 2.14. The molecule has 0 atom stereocenters. The first-order valence-electron chi connectivity index (χ1n) is 8.05. The molecule has 0 unspecified atom stereocenters. The van der Waals surface area contributed by atoms with Crippen LogP contribution in [-0.2, 0) is 10.0 Å². The molecule has 140 valence electrons. The van der Waals surface area contributed by atoms with E-state index in [2.05, 4.69) is 0 Å². The van der Waals surface area contributed by atoms with Crippen LogP contribution >= 0.6 is 0 Å². The van der Waals surface area contributed by atoms with Crippen molar-refractivity contribution in [2.45, 2.75) is 10.9 Å². The molecule has 0 bridgehead atoms. The van der Waals surface area contributed by atoms with E-state index in [1.807, 2.05) is 0 Å². The van der Waals surface area contributed by atoms with Gasteiger partial charge in [-0.25, -0.2) is 21.6 Å². The van der Waals surface area contributed by atoms with Gasteiger partial charge in [-0.1, -0.05) is 60.7 Å². The topological polar surface area (TPSA) is 37.4 Å². The zero-order valence-electron chi connectivity index (χ0n) is 14.3. The summed E-state index contributed by atoms with van der Waals surface area (Å²) in [5.41, 5.74) is 1.30. The number of sulfonamides is 1. The van der Waals surface area contributed by atoms with Gasteiger partial charge in [0.2, 0.25) is 10.0 Å². The molecule has 0 heterocycles. The monoisotopic (exact) mass is 391 g/mol. The lowest BCUT2D eigenvalue weighted by Crippen LogP contribution is -2.32. The van der Waals surface area contributed by atoms with Crippen molar-refractivity contribution in [3.05, 3.63) is 101 Å². The Morgan fingerprint density at radius 1 is 0.741 bits per heavy atom. The molecular weight excluding hydrogens is 375 g/mol. The minimum Gasteiger partial charge on any atom is -0.207 e. The fraction of sp³-hybridized carbons (Fsp3) is 0.100. The van der Waals surface area contributed by atoms with Crippen molar-refractivity contribution in [3.63, 3.8) is 0 Å². The van der Waals surface area contributed by atoms with Crippen LogP contribution in [0, 0.1) is 17.5 Å². The van der Waals surface area contributed by atoms with E-state index < -0.39 is 38.4 Å². The molecule has 0 saturated carbocycles. The summed E-state index contributed by atoms with van der Waals surface area (Å²) in [4.78, 5) is -0.916. The zero-order valence-corrected chi connectivity index (χ0v) is 15.1. The molecule has 7 heteroatoms. The van der Waals surface area contributed by atoms with E-state index in [1.165, 1.54) is 7.05 Å². The number of halogens is 3. The summed E-state index contributed by atoms with van der Waals surface area (Å²) in [6.45, 7) is 0. The van der Waals surface area contributed by atoms with E-state index in [4.69, 9.17) is 0 Å². The second kappa shape index (κ2) is 7.54. The Bertz CT molecular complexity index is 1000. The largest absolute Gasteiger partial charge is 0.246 e. The first-order valence-corrected chi connectivity index (χ1v) is 9.49. The molecule has 0 aliphatic carbocycles. The van der Waals surface area contributed by atoms with E-state index >= 15 is 0 Å². The highest BCUT2D eigenvalue weighted by molar-refractivity contribution is 7.89. The summed E-state index contributed by atoms with van der Waals surface area (Å²) in [6, 6.07) is 18.1. The van der Waals surface area contributed by atoms with Crippen LogP contribution < -0.4 is 0 Å². The van der Waals surface area contributed by atoms with Gasteiger partial charge in [0, 0.05) is 7.05 Å². The van der Waals surface area contributed by atoms with Crippen LogP contribution in [-0.4, -0.2) is 19.8 Å². The maximum Gasteiger partial charge on any atom is 0.246 e. The van der Waals surface area contributed by atoms with Gasteiger partial charge < -0.3 is 0 Å². The molecule has 0 aliphatic heterocycles. The molecule has 0 saturated heterocycles. The van der Waals surface area contributed by atoms with Crippen LogP contribution in [0.25, 0.3) is 0 Å². The van der Waals surface area contributed by atoms with Gasteiger partial charge in [-0.2, -0.15) is 4.31 Å². The van der Waals surface area contributed by atoms with Gasteiger partial charge in [-0.15, -0.1) is 0 Å². The molecule has 0 fully saturated rings. The van der Waals surface area contributed by atoms with Crippen molar-refractivity contribution in [2.24, 2.45) is 0 Å². The molecule has 0 radical (unpaired) electrons. The molecule has 27 heavy (non-hydrogen) atoms. The molecule has 0 spiro atoms. The molecule has 0 N–H and O–H groups in total. The lowest BCUT2D eigenvalue weighted by Gasteiger charge is -2.28. The standard InChI is InChI=1S/C20H16F3NO2S/c1-24(27(25,26)17-13-12-16(21)18(22)19(17)23)20(14-8-4-2-5-9-14)15-10-6-3-7-11-15/h2-13,20H,1H3. The van der Waals surface area contributed by atoms with Crippen LogP contribution in [0.3, 0.4) is 0 Å². The van der Waals surface area contributed by atoms with Gasteiger partial charge in [-0.05, 0) is 23.3 Å². The molecule has 0 aliphatic rings. The number of hydrogen-bond acceptors (Lipinski definition) is 2. The summed E-state index contributed by atoms with van der Waals surface area (Å²) in [5.74, 6) is -5.00. The van der Waals surface area contributed by atoms with Crippen LogP contribution in [0.5, 0.6) is 0 Å². The summed E-state index contributed by atoms with van der Waals surface area (Å²) in [7, 11) is -3.17. The maximum atomic E-state index is 14.2. The first-order chi connectivity index (χ1) is 12.8. The smallest absolute Gasteiger partial charge is 0.207 e. The molecular formula is C20H16F3NO2S. The number of nitrogens with zero attached hydrogens (tertiary/aromatic N) is 1. The summed E-state index contributed by atoms with van der Waals surface area (Å²) in [6.07, 6.45) is 0. The molecule has 0 amide bonds. The highest BCUT2D eigenvalue weighted by Gasteiger charge is 2.33. The van der Waals surface area contributed by atoms with Crippen molar-refractivity contribution in [1.82, 2.24) is 4.31 Å². The molecule has 3 aromatic carbocycles. The summed E-state index contributed by atoms with van der Waals surface area (Å²) < 4.78 is 67.9. The third-order valence-electron chi connectivity index (χ3n) is 4.25. The number of hydrogen-bond donors (Lipinski definition) is 0. The van der Waals surface area contributed by atoms with Crippen LogP contribution in [0.2, 0.25) is 0 Å². The minimum atomic E-state index is -4.45. The first kappa shape index (κ1) is 19.1. The quantitative estimate of drug-likeness (QED) is 0.600. The average Bonchev–Trinajstić information content (AvgIpc) is 2.68. The normalized spacial score (nSPS) is 11.9. The highest BCUT2D eigenvalue weighted by atomic mass is 32.2. The highest BCUT2D eigenvalue weighted by Crippen LogP contribution is 2.33. The zero-order chi connectivity index (χ0) is 19.6. The lowest BCUT2D eigenvalue weighted by molar-refractivity contribution is 0.402. The average molecular weight is 391 g/mol. The van der Waals surface area contributed by atoms with Crippen molar-refractivity contribution in [3.8, 4) is 0 Å². The Labute approximate surface area is 155 Å². The van der Waals surface area contributed by atoms with E-state index in [-0.39, 0.29) is 0 Å². The van der Waals surface area contributed by atoms with E-state index in [9.17, 15) is 21.6 Å². The third kappa shape index (κ3) is 3.61. The Morgan fingerprint density at radius 3 is 1.70 bits per heavy atom. The van der Waals surface area contributed by atoms with Gasteiger partial charge in [-0.3, -0.25) is 0 Å². The van der Waals surface area contributed by atoms with Crippen LogP contribution in [0.4, 0.5) is 13.2 Å². The second-order valence-electron chi connectivity index (χ2n) is 5.92. The third-order valence-corrected chi connectivity index (χ3v) is 6.09. The van der Waals surface area contributed by atoms with Crippen molar-refractivity contribution < 1.29 is 21.6 Å². The Kier molecular flexibility index (Phi) is 5.34. The SMILES string of the molecule is CN(C(c1ccccc1)c1ccccc1)S(=O)(=O)c1ccc(F)c(F)c1F. The van der Waals surface area contributed by atoms with Crippen LogP contribution in [0.15, 0.2) is 77.7 Å². The Hall–Kier alpha value is -2.64.